The molecule has 0 bridgehead atoms. The molecule has 4 nitrogen and oxygen atoms in total. The normalized spacial score (nSPS) is 19.1. The molecule has 0 fully saturated rings. The Morgan fingerprint density at radius 1 is 0.617 bits per heavy atom. The van der Waals surface area contributed by atoms with Crippen LogP contribution in [-0.2, 0) is 6.42 Å². The molecule has 286 valence electrons. The number of benzene rings is 6. The van der Waals surface area contributed by atoms with E-state index in [0.717, 1.165) is 62.1 Å². The maximum Gasteiger partial charge on any atom is 0.156 e. The van der Waals surface area contributed by atoms with E-state index in [1.54, 1.807) is 0 Å². The van der Waals surface area contributed by atoms with Crippen LogP contribution >= 0.6 is 0 Å². The third-order valence-electron chi connectivity index (χ3n) is 13.1. The van der Waals surface area contributed by atoms with Crippen molar-refractivity contribution in [2.24, 2.45) is 5.92 Å². The first-order chi connectivity index (χ1) is 29.5. The largest absolute Gasteiger partial charge is 0.480 e. The van der Waals surface area contributed by atoms with Crippen LogP contribution < -0.4 is 4.74 Å². The van der Waals surface area contributed by atoms with Crippen LogP contribution in [0.3, 0.4) is 0 Å². The molecule has 0 spiro atoms. The number of rotatable bonds is 5. The maximum absolute atomic E-state index is 7.31. The second-order valence-electron chi connectivity index (χ2n) is 16.7. The molecule has 0 saturated heterocycles. The molecular formula is C56H41N3O. The smallest absolute Gasteiger partial charge is 0.156 e. The van der Waals surface area contributed by atoms with E-state index in [1.807, 2.05) is 6.07 Å². The molecule has 0 saturated carbocycles. The zero-order chi connectivity index (χ0) is 40.0. The summed E-state index contributed by atoms with van der Waals surface area (Å²) in [4.78, 5) is 10.4. The van der Waals surface area contributed by atoms with Crippen LogP contribution in [0.2, 0.25) is 0 Å². The van der Waals surface area contributed by atoms with Crippen LogP contribution in [0.1, 0.15) is 42.3 Å². The van der Waals surface area contributed by atoms with E-state index in [9.17, 15) is 0 Å². The van der Waals surface area contributed by atoms with Crippen LogP contribution in [0.5, 0.6) is 5.75 Å². The quantitative estimate of drug-likeness (QED) is 0.164. The monoisotopic (exact) mass is 771 g/mol. The second-order valence-corrected chi connectivity index (χ2v) is 16.7. The molecule has 3 aromatic heterocycles. The van der Waals surface area contributed by atoms with E-state index in [2.05, 4.69) is 200 Å². The Balaban J connectivity index is 0.976. The lowest BCUT2D eigenvalue weighted by molar-refractivity contribution is 0.124. The van der Waals surface area contributed by atoms with Crippen LogP contribution in [-0.4, -0.2) is 20.1 Å². The van der Waals surface area contributed by atoms with E-state index in [1.165, 1.54) is 50.0 Å². The first-order valence-corrected chi connectivity index (χ1v) is 21.0. The molecule has 60 heavy (non-hydrogen) atoms. The van der Waals surface area contributed by atoms with Crippen molar-refractivity contribution in [3.8, 4) is 39.4 Å². The molecule has 4 heterocycles. The number of fused-ring (bicyclic) bond motifs is 9. The lowest BCUT2D eigenvalue weighted by atomic mass is 9.81. The zero-order valence-electron chi connectivity index (χ0n) is 33.5. The lowest BCUT2D eigenvalue weighted by Crippen LogP contribution is -2.40. The van der Waals surface area contributed by atoms with Gasteiger partial charge in [-0.05, 0) is 77.4 Å². The maximum atomic E-state index is 7.31. The van der Waals surface area contributed by atoms with Gasteiger partial charge < -0.3 is 9.30 Å². The SMILES string of the molecule is CC1Cc2c(n(C3C=CC=C4c5ccc(-c6ccc7ccc8ccc(-c9ccccc9)nc8c7n6)cc5OC43C)c3cc(-c4ccccc4)ccc23)C=C1c1ccccc1. The minimum absolute atomic E-state index is 0.109. The highest BCUT2D eigenvalue weighted by atomic mass is 16.5. The molecule has 0 radical (unpaired) electrons. The number of allylic oxidation sites excluding steroid dienone is 3. The minimum Gasteiger partial charge on any atom is -0.480 e. The lowest BCUT2D eigenvalue weighted by Gasteiger charge is -2.37. The Bertz CT molecular complexity index is 3290. The van der Waals surface area contributed by atoms with Gasteiger partial charge in [0.2, 0.25) is 0 Å². The van der Waals surface area contributed by atoms with Crippen molar-refractivity contribution in [1.82, 2.24) is 14.5 Å². The Hall–Kier alpha value is -7.30. The summed E-state index contributed by atoms with van der Waals surface area (Å²) >= 11 is 0. The Labute approximate surface area is 349 Å². The number of ether oxygens (including phenoxy) is 1. The molecule has 3 aliphatic rings. The third kappa shape index (κ3) is 5.37. The van der Waals surface area contributed by atoms with Gasteiger partial charge in [0.05, 0.1) is 34.0 Å². The molecule has 1 aliphatic heterocycles. The predicted octanol–water partition coefficient (Wildman–Crippen LogP) is 13.8. The molecule has 12 rings (SSSR count). The van der Waals surface area contributed by atoms with Crippen molar-refractivity contribution in [3.63, 3.8) is 0 Å². The zero-order valence-corrected chi connectivity index (χ0v) is 33.5. The molecule has 4 heteroatoms. The molecule has 9 aromatic rings. The van der Waals surface area contributed by atoms with E-state index in [0.29, 0.717) is 5.92 Å². The van der Waals surface area contributed by atoms with Gasteiger partial charge in [-0.1, -0.05) is 165 Å². The van der Waals surface area contributed by atoms with Crippen molar-refractivity contribution >= 4 is 49.9 Å². The van der Waals surface area contributed by atoms with Gasteiger partial charge in [0, 0.05) is 44.1 Å². The van der Waals surface area contributed by atoms with Crippen molar-refractivity contribution in [2.45, 2.75) is 31.9 Å². The molecule has 3 unspecified atom stereocenters. The van der Waals surface area contributed by atoms with Gasteiger partial charge in [0.15, 0.2) is 5.60 Å². The highest BCUT2D eigenvalue weighted by Gasteiger charge is 2.48. The number of hydrogen-bond acceptors (Lipinski definition) is 3. The summed E-state index contributed by atoms with van der Waals surface area (Å²) in [7, 11) is 0. The highest BCUT2D eigenvalue weighted by molar-refractivity contribution is 6.04. The summed E-state index contributed by atoms with van der Waals surface area (Å²) in [5.74, 6) is 1.26. The van der Waals surface area contributed by atoms with Gasteiger partial charge in [-0.25, -0.2) is 9.97 Å². The topological polar surface area (TPSA) is 39.9 Å². The second kappa shape index (κ2) is 13.4. The van der Waals surface area contributed by atoms with Crippen molar-refractivity contribution in [1.29, 1.82) is 0 Å². The number of nitrogens with zero attached hydrogens (tertiary/aromatic N) is 3. The van der Waals surface area contributed by atoms with Gasteiger partial charge in [0.1, 0.15) is 5.75 Å². The van der Waals surface area contributed by atoms with Crippen LogP contribution in [0, 0.1) is 5.92 Å². The molecular weight excluding hydrogens is 731 g/mol. The first-order valence-electron chi connectivity index (χ1n) is 21.0. The average Bonchev–Trinajstić information content (AvgIpc) is 3.78. The fourth-order valence-corrected chi connectivity index (χ4v) is 10.1. The number of pyridine rings is 2. The van der Waals surface area contributed by atoms with Crippen LogP contribution in [0.15, 0.2) is 182 Å². The van der Waals surface area contributed by atoms with E-state index in [-0.39, 0.29) is 6.04 Å². The van der Waals surface area contributed by atoms with Crippen molar-refractivity contribution in [3.05, 3.63) is 204 Å². The first kappa shape index (κ1) is 34.7. The number of aromatic nitrogens is 3. The van der Waals surface area contributed by atoms with Crippen LogP contribution in [0.4, 0.5) is 0 Å². The van der Waals surface area contributed by atoms with E-state index in [4.69, 9.17) is 14.7 Å². The minimum atomic E-state index is -0.660. The van der Waals surface area contributed by atoms with Crippen molar-refractivity contribution in [2.75, 3.05) is 0 Å². The highest BCUT2D eigenvalue weighted by Crippen LogP contribution is 2.54. The van der Waals surface area contributed by atoms with Crippen molar-refractivity contribution < 1.29 is 4.74 Å². The molecule has 2 aliphatic carbocycles. The number of hydrogen-bond donors (Lipinski definition) is 0. The Kier molecular flexibility index (Phi) is 7.74. The average molecular weight is 772 g/mol. The van der Waals surface area contributed by atoms with Gasteiger partial charge >= 0.3 is 0 Å². The summed E-state index contributed by atoms with van der Waals surface area (Å²) in [5.41, 5.74) is 16.4. The standard InChI is InChI=1S/C56H41N3O/c1-35-31-46-43-27-23-41(36-13-6-3-7-14-36)32-50(43)59(51(46)34-45(35)37-15-8-4-9-16-37)53-20-12-19-47-44-28-24-42(33-52(44)60-56(47,53)2)49-30-26-40-22-21-39-25-29-48(38-17-10-5-11-18-38)57-54(39)55(40)58-49/h3-30,32-35,53H,31H2,1-2H3. The van der Waals surface area contributed by atoms with Gasteiger partial charge in [-0.3, -0.25) is 0 Å². The fraction of sp³-hybridized carbons (Fsp3) is 0.107. The summed E-state index contributed by atoms with van der Waals surface area (Å²) in [5, 5.41) is 3.45. The Morgan fingerprint density at radius 3 is 1.93 bits per heavy atom. The molecule has 0 N–H and O–H groups in total. The van der Waals surface area contributed by atoms with Gasteiger partial charge in [-0.2, -0.15) is 0 Å². The molecule has 6 aromatic carbocycles. The summed E-state index contributed by atoms with van der Waals surface area (Å²) in [6.07, 6.45) is 10.3. The van der Waals surface area contributed by atoms with Gasteiger partial charge in [-0.15, -0.1) is 0 Å². The fourth-order valence-electron chi connectivity index (χ4n) is 10.1. The molecule has 3 atom stereocenters. The Morgan fingerprint density at radius 2 is 1.23 bits per heavy atom. The van der Waals surface area contributed by atoms with Gasteiger partial charge in [0.25, 0.3) is 0 Å². The molecule has 0 amide bonds. The summed E-state index contributed by atoms with van der Waals surface area (Å²) in [6.45, 7) is 4.64. The third-order valence-corrected chi connectivity index (χ3v) is 13.1. The van der Waals surface area contributed by atoms with E-state index >= 15 is 0 Å². The predicted molar refractivity (Wildman–Crippen MR) is 248 cm³/mol. The van der Waals surface area contributed by atoms with Crippen LogP contribution in [0.25, 0.3) is 83.6 Å². The summed E-state index contributed by atoms with van der Waals surface area (Å²) in [6, 6.07) is 58.3. The summed E-state index contributed by atoms with van der Waals surface area (Å²) < 4.78 is 9.88. The van der Waals surface area contributed by atoms with E-state index < -0.39 is 5.60 Å².